The first-order valence-electron chi connectivity index (χ1n) is 9.37. The maximum absolute atomic E-state index is 14.3. The van der Waals surface area contributed by atoms with Gasteiger partial charge in [0.25, 0.3) is 0 Å². The van der Waals surface area contributed by atoms with Crippen LogP contribution in [0.25, 0.3) is 0 Å². The standard InChI is InChI=1S/C21H27FN2O4S/c1-5-18(24(29(4,26)27)19-12-8-7-11-17(19)22)21(25)23-16(3)14-28-20-13-9-6-10-15(20)2/h6-13,16,18H,5,14H2,1-4H3,(H,23,25)/t16-,18-/m0/s1. The molecule has 0 saturated heterocycles. The lowest BCUT2D eigenvalue weighted by Gasteiger charge is -2.31. The lowest BCUT2D eigenvalue weighted by atomic mass is 10.1. The molecule has 2 aromatic carbocycles. The average molecular weight is 423 g/mol. The summed E-state index contributed by atoms with van der Waals surface area (Å²) in [4.78, 5) is 12.8. The van der Waals surface area contributed by atoms with Crippen LogP contribution in [-0.4, -0.2) is 39.3 Å². The molecule has 0 heterocycles. The van der Waals surface area contributed by atoms with Crippen LogP contribution in [0.15, 0.2) is 48.5 Å². The van der Waals surface area contributed by atoms with E-state index in [0.29, 0.717) is 5.75 Å². The Balaban J connectivity index is 2.15. The van der Waals surface area contributed by atoms with Crippen LogP contribution in [0.2, 0.25) is 0 Å². The first-order chi connectivity index (χ1) is 13.6. The lowest BCUT2D eigenvalue weighted by molar-refractivity contribution is -0.123. The summed E-state index contributed by atoms with van der Waals surface area (Å²) in [6.07, 6.45) is 1.14. The molecule has 1 amide bonds. The number of para-hydroxylation sites is 2. The zero-order chi connectivity index (χ0) is 21.6. The predicted octanol–water partition coefficient (Wildman–Crippen LogP) is 3.26. The van der Waals surface area contributed by atoms with E-state index in [1.54, 1.807) is 13.8 Å². The van der Waals surface area contributed by atoms with Gasteiger partial charge in [-0.25, -0.2) is 12.8 Å². The highest BCUT2D eigenvalue weighted by Gasteiger charge is 2.33. The highest BCUT2D eigenvalue weighted by atomic mass is 32.2. The molecule has 0 radical (unpaired) electrons. The van der Waals surface area contributed by atoms with Crippen molar-refractivity contribution >= 4 is 21.6 Å². The quantitative estimate of drug-likeness (QED) is 0.673. The first-order valence-corrected chi connectivity index (χ1v) is 11.2. The number of amides is 1. The van der Waals surface area contributed by atoms with Gasteiger partial charge in [0.05, 0.1) is 18.0 Å². The van der Waals surface area contributed by atoms with Gasteiger partial charge in [-0.2, -0.15) is 0 Å². The molecule has 0 bridgehead atoms. The molecule has 0 spiro atoms. The van der Waals surface area contributed by atoms with E-state index in [0.717, 1.165) is 22.2 Å². The van der Waals surface area contributed by atoms with Crippen LogP contribution in [0.1, 0.15) is 25.8 Å². The Bertz CT molecular complexity index is 949. The number of anilines is 1. The molecule has 29 heavy (non-hydrogen) atoms. The number of rotatable bonds is 9. The third-order valence-corrected chi connectivity index (χ3v) is 5.56. The summed E-state index contributed by atoms with van der Waals surface area (Å²) in [6, 6.07) is 11.6. The van der Waals surface area contributed by atoms with Crippen molar-refractivity contribution in [3.8, 4) is 5.75 Å². The van der Waals surface area contributed by atoms with Crippen LogP contribution < -0.4 is 14.4 Å². The third kappa shape index (κ3) is 5.93. The smallest absolute Gasteiger partial charge is 0.244 e. The van der Waals surface area contributed by atoms with E-state index >= 15 is 0 Å². The zero-order valence-corrected chi connectivity index (χ0v) is 17.9. The van der Waals surface area contributed by atoms with E-state index in [4.69, 9.17) is 4.74 Å². The van der Waals surface area contributed by atoms with Crippen LogP contribution in [0.3, 0.4) is 0 Å². The van der Waals surface area contributed by atoms with Crippen LogP contribution in [0.4, 0.5) is 10.1 Å². The Hall–Kier alpha value is -2.61. The number of carbonyl (C=O) groups is 1. The third-order valence-electron chi connectivity index (χ3n) is 4.39. The fourth-order valence-electron chi connectivity index (χ4n) is 2.98. The molecule has 0 aliphatic carbocycles. The van der Waals surface area contributed by atoms with Crippen molar-refractivity contribution in [3.05, 3.63) is 59.9 Å². The summed E-state index contributed by atoms with van der Waals surface area (Å²) in [6.45, 7) is 5.57. The molecule has 0 aliphatic rings. The molecule has 0 unspecified atom stereocenters. The zero-order valence-electron chi connectivity index (χ0n) is 17.1. The van der Waals surface area contributed by atoms with E-state index in [1.165, 1.54) is 18.2 Å². The molecule has 0 aliphatic heterocycles. The second kappa shape index (κ2) is 9.73. The maximum Gasteiger partial charge on any atom is 0.244 e. The summed E-state index contributed by atoms with van der Waals surface area (Å²) in [5, 5.41) is 2.77. The van der Waals surface area contributed by atoms with Crippen molar-refractivity contribution in [1.29, 1.82) is 0 Å². The highest BCUT2D eigenvalue weighted by Crippen LogP contribution is 2.25. The van der Waals surface area contributed by atoms with Crippen molar-refractivity contribution in [3.63, 3.8) is 0 Å². The van der Waals surface area contributed by atoms with Crippen molar-refractivity contribution in [2.75, 3.05) is 17.2 Å². The SMILES string of the molecule is CC[C@@H](C(=O)N[C@@H](C)COc1ccccc1C)N(c1ccccc1F)S(C)(=O)=O. The van der Waals surface area contributed by atoms with Gasteiger partial charge in [-0.1, -0.05) is 37.3 Å². The number of sulfonamides is 1. The molecule has 8 heteroatoms. The fourth-order valence-corrected chi connectivity index (χ4v) is 4.19. The van der Waals surface area contributed by atoms with Crippen molar-refractivity contribution in [1.82, 2.24) is 5.32 Å². The second-order valence-corrected chi connectivity index (χ2v) is 8.78. The first kappa shape index (κ1) is 22.7. The Labute approximate surface area is 171 Å². The number of halogens is 1. The fraction of sp³-hybridized carbons (Fsp3) is 0.381. The molecule has 0 fully saturated rings. The Kier molecular flexibility index (Phi) is 7.61. The minimum absolute atomic E-state index is 0.152. The van der Waals surface area contributed by atoms with E-state index < -0.39 is 27.8 Å². The number of ether oxygens (including phenoxy) is 1. The summed E-state index contributed by atoms with van der Waals surface area (Å²) >= 11 is 0. The topological polar surface area (TPSA) is 75.7 Å². The van der Waals surface area contributed by atoms with E-state index in [2.05, 4.69) is 5.32 Å². The van der Waals surface area contributed by atoms with Crippen molar-refractivity contribution in [2.45, 2.75) is 39.3 Å². The minimum Gasteiger partial charge on any atom is -0.491 e. The number of nitrogens with one attached hydrogen (secondary N) is 1. The molecule has 2 aromatic rings. The van der Waals surface area contributed by atoms with Gasteiger partial charge in [0.15, 0.2) is 0 Å². The van der Waals surface area contributed by atoms with Crippen LogP contribution in [0.5, 0.6) is 5.75 Å². The van der Waals surface area contributed by atoms with Crippen molar-refractivity contribution in [2.24, 2.45) is 0 Å². The maximum atomic E-state index is 14.3. The van der Waals surface area contributed by atoms with Gasteiger partial charge in [0.2, 0.25) is 15.9 Å². The molecule has 6 nitrogen and oxygen atoms in total. The largest absolute Gasteiger partial charge is 0.491 e. The molecule has 0 saturated carbocycles. The number of hydrogen-bond donors (Lipinski definition) is 1. The summed E-state index contributed by atoms with van der Waals surface area (Å²) in [5.74, 6) is -0.507. The average Bonchev–Trinajstić information content (AvgIpc) is 2.65. The number of hydrogen-bond acceptors (Lipinski definition) is 4. The molecule has 1 N–H and O–H groups in total. The Morgan fingerprint density at radius 2 is 1.79 bits per heavy atom. The van der Waals surface area contributed by atoms with E-state index in [9.17, 15) is 17.6 Å². The molecule has 158 valence electrons. The summed E-state index contributed by atoms with van der Waals surface area (Å²) < 4.78 is 45.6. The van der Waals surface area contributed by atoms with Gasteiger partial charge in [0, 0.05) is 0 Å². The molecular formula is C21H27FN2O4S. The number of benzene rings is 2. The monoisotopic (exact) mass is 422 g/mol. The van der Waals surface area contributed by atoms with Gasteiger partial charge in [-0.15, -0.1) is 0 Å². The van der Waals surface area contributed by atoms with Gasteiger partial charge < -0.3 is 10.1 Å². The van der Waals surface area contributed by atoms with Crippen LogP contribution >= 0.6 is 0 Å². The van der Waals surface area contributed by atoms with Crippen LogP contribution in [-0.2, 0) is 14.8 Å². The molecule has 0 aromatic heterocycles. The van der Waals surface area contributed by atoms with Crippen LogP contribution in [0, 0.1) is 12.7 Å². The van der Waals surface area contributed by atoms with Gasteiger partial charge >= 0.3 is 0 Å². The molecule has 2 rings (SSSR count). The predicted molar refractivity (Wildman–Crippen MR) is 112 cm³/mol. The number of carbonyl (C=O) groups excluding carboxylic acids is 1. The Morgan fingerprint density at radius 3 is 2.38 bits per heavy atom. The lowest BCUT2D eigenvalue weighted by Crippen LogP contribution is -2.52. The van der Waals surface area contributed by atoms with E-state index in [1.807, 2.05) is 31.2 Å². The highest BCUT2D eigenvalue weighted by molar-refractivity contribution is 7.92. The molecular weight excluding hydrogens is 395 g/mol. The Morgan fingerprint density at radius 1 is 1.17 bits per heavy atom. The normalized spacial score (nSPS) is 13.4. The minimum atomic E-state index is -3.89. The second-order valence-electron chi connectivity index (χ2n) is 6.92. The van der Waals surface area contributed by atoms with Crippen molar-refractivity contribution < 1.29 is 22.3 Å². The van der Waals surface area contributed by atoms with Gasteiger partial charge in [-0.05, 0) is 44.0 Å². The molecule has 2 atom stereocenters. The summed E-state index contributed by atoms with van der Waals surface area (Å²) in [5.41, 5.74) is 0.820. The number of nitrogens with zero attached hydrogens (tertiary/aromatic N) is 1. The van der Waals surface area contributed by atoms with Gasteiger partial charge in [0.1, 0.15) is 24.2 Å². The number of aryl methyl sites for hydroxylation is 1. The van der Waals surface area contributed by atoms with E-state index in [-0.39, 0.29) is 24.8 Å². The van der Waals surface area contributed by atoms with Gasteiger partial charge in [-0.3, -0.25) is 9.10 Å². The summed E-state index contributed by atoms with van der Waals surface area (Å²) in [7, 11) is -3.89.